The van der Waals surface area contributed by atoms with Crippen molar-refractivity contribution in [1.29, 1.82) is 0 Å². The van der Waals surface area contributed by atoms with E-state index in [0.717, 1.165) is 11.3 Å². The molecule has 0 heterocycles. The second-order valence-corrected chi connectivity index (χ2v) is 5.52. The smallest absolute Gasteiger partial charge is 0.166 e. The van der Waals surface area contributed by atoms with E-state index in [1.54, 1.807) is 18.3 Å². The predicted octanol–water partition coefficient (Wildman–Crippen LogP) is 4.44. The van der Waals surface area contributed by atoms with Gasteiger partial charge in [0.25, 0.3) is 0 Å². The highest BCUT2D eigenvalue weighted by atomic mass is 16.5. The van der Waals surface area contributed by atoms with Gasteiger partial charge >= 0.3 is 0 Å². The second-order valence-electron chi connectivity index (χ2n) is 5.52. The zero-order valence-electron chi connectivity index (χ0n) is 14.0. The topological polar surface area (TPSA) is 45.1 Å². The normalized spacial score (nSPS) is 10.8. The summed E-state index contributed by atoms with van der Waals surface area (Å²) in [6, 6.07) is 25.4. The highest BCUT2D eigenvalue weighted by molar-refractivity contribution is 5.85. The molecule has 0 unspecified atom stereocenters. The van der Waals surface area contributed by atoms with Crippen LogP contribution in [0.3, 0.4) is 0 Å². The van der Waals surface area contributed by atoms with Gasteiger partial charge in [0, 0.05) is 5.56 Å². The maximum Gasteiger partial charge on any atom is 0.166 e. The number of ether oxygens (including phenoxy) is 1. The number of phenols is 1. The van der Waals surface area contributed by atoms with Crippen molar-refractivity contribution in [2.75, 3.05) is 12.1 Å². The van der Waals surface area contributed by atoms with Crippen molar-refractivity contribution in [2.45, 2.75) is 6.54 Å². The van der Waals surface area contributed by atoms with E-state index in [1.165, 1.54) is 7.11 Å². The summed E-state index contributed by atoms with van der Waals surface area (Å²) >= 11 is 0. The Balaban J connectivity index is 1.90. The molecule has 3 aromatic carbocycles. The van der Waals surface area contributed by atoms with E-state index < -0.39 is 0 Å². The van der Waals surface area contributed by atoms with Crippen LogP contribution in [0.4, 0.5) is 5.69 Å². The number of hydrogen-bond donors (Lipinski definition) is 1. The number of hydrazone groups is 1. The molecule has 0 spiro atoms. The molecule has 0 amide bonds. The highest BCUT2D eigenvalue weighted by Crippen LogP contribution is 2.28. The van der Waals surface area contributed by atoms with Gasteiger partial charge in [0.15, 0.2) is 11.5 Å². The van der Waals surface area contributed by atoms with Crippen LogP contribution in [0.25, 0.3) is 0 Å². The molecule has 25 heavy (non-hydrogen) atoms. The Bertz CT molecular complexity index is 833. The first-order chi connectivity index (χ1) is 12.3. The Morgan fingerprint density at radius 2 is 1.60 bits per heavy atom. The van der Waals surface area contributed by atoms with E-state index in [4.69, 9.17) is 4.74 Å². The SMILES string of the molecule is COc1cccc(C=NN(Cc2ccccc2)c2ccccc2)c1O. The quantitative estimate of drug-likeness (QED) is 0.536. The van der Waals surface area contributed by atoms with Gasteiger partial charge in [0.1, 0.15) is 0 Å². The Kier molecular flexibility index (Phi) is 5.32. The van der Waals surface area contributed by atoms with Crippen molar-refractivity contribution in [3.8, 4) is 11.5 Å². The molecule has 0 saturated carbocycles. The zero-order chi connectivity index (χ0) is 17.5. The summed E-state index contributed by atoms with van der Waals surface area (Å²) < 4.78 is 5.15. The van der Waals surface area contributed by atoms with E-state index >= 15 is 0 Å². The summed E-state index contributed by atoms with van der Waals surface area (Å²) in [6.07, 6.45) is 1.65. The third kappa shape index (κ3) is 4.18. The number of benzene rings is 3. The van der Waals surface area contributed by atoms with Crippen molar-refractivity contribution in [2.24, 2.45) is 5.10 Å². The molecule has 0 fully saturated rings. The minimum absolute atomic E-state index is 0.0847. The number of rotatable bonds is 6. The standard InChI is InChI=1S/C21H20N2O2/c1-25-20-14-8-11-18(21(20)24)15-22-23(19-12-6-3-7-13-19)16-17-9-4-2-5-10-17/h2-15,24H,16H2,1H3. The molecule has 126 valence electrons. The van der Waals surface area contributed by atoms with E-state index in [2.05, 4.69) is 17.2 Å². The van der Waals surface area contributed by atoms with Gasteiger partial charge in [0.2, 0.25) is 0 Å². The van der Waals surface area contributed by atoms with Gasteiger partial charge in [0.05, 0.1) is 25.6 Å². The van der Waals surface area contributed by atoms with Crippen LogP contribution in [0, 0.1) is 0 Å². The van der Waals surface area contributed by atoms with Gasteiger partial charge in [-0.15, -0.1) is 0 Å². The number of aromatic hydroxyl groups is 1. The molecule has 0 bridgehead atoms. The fourth-order valence-electron chi connectivity index (χ4n) is 2.50. The molecule has 3 rings (SSSR count). The number of hydrogen-bond acceptors (Lipinski definition) is 4. The van der Waals surface area contributed by atoms with E-state index in [0.29, 0.717) is 17.9 Å². The summed E-state index contributed by atoms with van der Waals surface area (Å²) in [5, 5.41) is 16.7. The maximum atomic E-state index is 10.2. The molecule has 4 nitrogen and oxygen atoms in total. The molecule has 3 aromatic rings. The average Bonchev–Trinajstić information content (AvgIpc) is 2.67. The lowest BCUT2D eigenvalue weighted by atomic mass is 10.2. The zero-order valence-corrected chi connectivity index (χ0v) is 14.0. The fourth-order valence-corrected chi connectivity index (χ4v) is 2.50. The van der Waals surface area contributed by atoms with E-state index in [1.807, 2.05) is 59.6 Å². The minimum Gasteiger partial charge on any atom is -0.504 e. The van der Waals surface area contributed by atoms with Crippen molar-refractivity contribution in [3.05, 3.63) is 90.0 Å². The van der Waals surface area contributed by atoms with Crippen molar-refractivity contribution in [3.63, 3.8) is 0 Å². The van der Waals surface area contributed by atoms with Crippen LogP contribution in [0.1, 0.15) is 11.1 Å². The Labute approximate surface area is 147 Å². The van der Waals surface area contributed by atoms with Crippen LogP contribution in [-0.4, -0.2) is 18.4 Å². The molecule has 0 aliphatic carbocycles. The van der Waals surface area contributed by atoms with Gasteiger partial charge in [-0.2, -0.15) is 5.10 Å². The molecular formula is C21H20N2O2. The highest BCUT2D eigenvalue weighted by Gasteiger charge is 2.08. The number of para-hydroxylation sites is 2. The van der Waals surface area contributed by atoms with Crippen LogP contribution >= 0.6 is 0 Å². The molecule has 0 aromatic heterocycles. The first-order valence-electron chi connectivity index (χ1n) is 8.04. The lowest BCUT2D eigenvalue weighted by molar-refractivity contribution is 0.373. The first kappa shape index (κ1) is 16.6. The van der Waals surface area contributed by atoms with Crippen molar-refractivity contribution in [1.82, 2.24) is 0 Å². The van der Waals surface area contributed by atoms with Crippen LogP contribution < -0.4 is 9.75 Å². The third-order valence-electron chi connectivity index (χ3n) is 3.82. The molecule has 0 aliphatic heterocycles. The average molecular weight is 332 g/mol. The van der Waals surface area contributed by atoms with E-state index in [9.17, 15) is 5.11 Å². The van der Waals surface area contributed by atoms with Gasteiger partial charge in [-0.05, 0) is 29.8 Å². The molecule has 0 aliphatic rings. The monoisotopic (exact) mass is 332 g/mol. The number of nitrogens with zero attached hydrogens (tertiary/aromatic N) is 2. The lowest BCUT2D eigenvalue weighted by Crippen LogP contribution is -2.16. The van der Waals surface area contributed by atoms with Crippen molar-refractivity contribution < 1.29 is 9.84 Å². The lowest BCUT2D eigenvalue weighted by Gasteiger charge is -2.19. The molecule has 0 saturated heterocycles. The van der Waals surface area contributed by atoms with Crippen LogP contribution in [0.2, 0.25) is 0 Å². The summed E-state index contributed by atoms with van der Waals surface area (Å²) in [6.45, 7) is 0.631. The summed E-state index contributed by atoms with van der Waals surface area (Å²) in [5.41, 5.74) is 2.73. The largest absolute Gasteiger partial charge is 0.504 e. The molecule has 0 atom stereocenters. The number of phenolic OH excluding ortho intramolecular Hbond substituents is 1. The molecule has 4 heteroatoms. The van der Waals surface area contributed by atoms with Crippen LogP contribution in [0.15, 0.2) is 84.0 Å². The van der Waals surface area contributed by atoms with Gasteiger partial charge in [-0.1, -0.05) is 54.6 Å². The van der Waals surface area contributed by atoms with Gasteiger partial charge in [-0.25, -0.2) is 0 Å². The Morgan fingerprint density at radius 1 is 0.920 bits per heavy atom. The van der Waals surface area contributed by atoms with E-state index in [-0.39, 0.29) is 5.75 Å². The fraction of sp³-hybridized carbons (Fsp3) is 0.0952. The molecule has 0 radical (unpaired) electrons. The predicted molar refractivity (Wildman–Crippen MR) is 101 cm³/mol. The Hall–Kier alpha value is -3.27. The molecule has 1 N–H and O–H groups in total. The van der Waals surface area contributed by atoms with Crippen LogP contribution in [-0.2, 0) is 6.54 Å². The summed E-state index contributed by atoms with van der Waals surface area (Å²) in [5.74, 6) is 0.514. The second kappa shape index (κ2) is 8.02. The first-order valence-corrected chi connectivity index (χ1v) is 8.04. The summed E-state index contributed by atoms with van der Waals surface area (Å²) in [7, 11) is 1.53. The molecular weight excluding hydrogens is 312 g/mol. The van der Waals surface area contributed by atoms with Gasteiger partial charge in [-0.3, -0.25) is 5.01 Å². The number of anilines is 1. The third-order valence-corrected chi connectivity index (χ3v) is 3.82. The minimum atomic E-state index is 0.0847. The van der Waals surface area contributed by atoms with Crippen LogP contribution in [0.5, 0.6) is 11.5 Å². The number of methoxy groups -OCH3 is 1. The maximum absolute atomic E-state index is 10.2. The van der Waals surface area contributed by atoms with Gasteiger partial charge < -0.3 is 9.84 Å². The Morgan fingerprint density at radius 3 is 2.28 bits per heavy atom. The van der Waals surface area contributed by atoms with Crippen molar-refractivity contribution >= 4 is 11.9 Å². The summed E-state index contributed by atoms with van der Waals surface area (Å²) in [4.78, 5) is 0.